The molecule has 5 nitrogen and oxygen atoms in total. The predicted octanol–water partition coefficient (Wildman–Crippen LogP) is 3.65. The summed E-state index contributed by atoms with van der Waals surface area (Å²) in [5.41, 5.74) is 6.21. The Hall–Kier alpha value is -1.11. The van der Waals surface area contributed by atoms with Crippen molar-refractivity contribution in [2.45, 2.75) is 13.5 Å². The maximum Gasteiger partial charge on any atom is 0.112 e. The molecule has 22 heavy (non-hydrogen) atoms. The molecule has 1 unspecified atom stereocenters. The highest BCUT2D eigenvalue weighted by Gasteiger charge is 2.10. The van der Waals surface area contributed by atoms with Gasteiger partial charge in [-0.2, -0.15) is 5.10 Å². The molecule has 0 aromatic carbocycles. The van der Waals surface area contributed by atoms with Crippen LogP contribution in [0.15, 0.2) is 30.6 Å². The van der Waals surface area contributed by atoms with Crippen LogP contribution in [0.3, 0.4) is 0 Å². The van der Waals surface area contributed by atoms with Crippen LogP contribution in [-0.2, 0) is 6.54 Å². The Morgan fingerprint density at radius 1 is 1.27 bits per heavy atom. The third kappa shape index (κ3) is 3.14. The van der Waals surface area contributed by atoms with Gasteiger partial charge in [0, 0.05) is 24.5 Å². The fourth-order valence-electron chi connectivity index (χ4n) is 2.44. The van der Waals surface area contributed by atoms with Crippen LogP contribution in [-0.4, -0.2) is 38.5 Å². The molecule has 0 N–H and O–H groups in total. The number of nitrogens with zero attached hydrogens (tertiary/aromatic N) is 5. The largest absolute Gasteiger partial charge is 0.305 e. The Balaban J connectivity index is 2.05. The molecule has 3 heterocycles. The van der Waals surface area contributed by atoms with Crippen molar-refractivity contribution in [3.63, 3.8) is 0 Å². The quantitative estimate of drug-likeness (QED) is 0.473. The minimum Gasteiger partial charge on any atom is -0.305 e. The Labute approximate surface area is 144 Å². The van der Waals surface area contributed by atoms with Gasteiger partial charge in [-0.05, 0) is 66.8 Å². The summed E-state index contributed by atoms with van der Waals surface area (Å²) in [5, 5.41) is 4.54. The first-order chi connectivity index (χ1) is 10.6. The van der Waals surface area contributed by atoms with E-state index in [9.17, 15) is 0 Å². The number of aryl methyl sites for hydroxylation is 1. The first-order valence-corrected chi connectivity index (χ1v) is 11.0. The average Bonchev–Trinajstić information content (AvgIpc) is 2.83. The molecule has 114 valence electrons. The summed E-state index contributed by atoms with van der Waals surface area (Å²) in [6, 6.07) is 6.30. The summed E-state index contributed by atoms with van der Waals surface area (Å²) in [6.45, 7) is 2.88. The number of hydrogen-bond donors (Lipinski definition) is 0. The SMILES string of the molecule is Cc1nn(PI)c2ccc(-c3cncc(CN(C)C)c3)nc12. The Morgan fingerprint density at radius 3 is 2.82 bits per heavy atom. The van der Waals surface area contributed by atoms with Crippen LogP contribution < -0.4 is 0 Å². The monoisotopic (exact) mass is 425 g/mol. The third-order valence-corrected chi connectivity index (χ3v) is 5.24. The molecule has 0 amide bonds. The molecular weight excluding hydrogens is 408 g/mol. The van der Waals surface area contributed by atoms with E-state index in [2.05, 4.69) is 63.3 Å². The first-order valence-electron chi connectivity index (χ1n) is 6.90. The van der Waals surface area contributed by atoms with Gasteiger partial charge in [0.1, 0.15) is 5.52 Å². The summed E-state index contributed by atoms with van der Waals surface area (Å²) in [6.07, 6.45) is 4.35. The van der Waals surface area contributed by atoms with E-state index >= 15 is 0 Å². The zero-order valence-corrected chi connectivity index (χ0v) is 15.9. The maximum absolute atomic E-state index is 4.80. The van der Waals surface area contributed by atoms with E-state index in [0.717, 1.165) is 34.5 Å². The van der Waals surface area contributed by atoms with E-state index in [1.807, 2.05) is 29.8 Å². The van der Waals surface area contributed by atoms with Crippen molar-refractivity contribution in [2.75, 3.05) is 14.1 Å². The lowest BCUT2D eigenvalue weighted by Gasteiger charge is -2.10. The Bertz CT molecular complexity index is 815. The van der Waals surface area contributed by atoms with Gasteiger partial charge in [-0.1, -0.05) is 0 Å². The Morgan fingerprint density at radius 2 is 2.09 bits per heavy atom. The molecule has 3 rings (SSSR count). The van der Waals surface area contributed by atoms with Gasteiger partial charge >= 0.3 is 0 Å². The molecule has 7 heteroatoms. The molecular formula is C15H17IN5P. The highest BCUT2D eigenvalue weighted by Crippen LogP contribution is 2.30. The van der Waals surface area contributed by atoms with Crippen LogP contribution in [0.2, 0.25) is 0 Å². The van der Waals surface area contributed by atoms with Crippen molar-refractivity contribution >= 4 is 39.4 Å². The van der Waals surface area contributed by atoms with Crippen molar-refractivity contribution in [2.24, 2.45) is 0 Å². The van der Waals surface area contributed by atoms with Gasteiger partial charge in [-0.25, -0.2) is 9.44 Å². The molecule has 0 aliphatic heterocycles. The minimum atomic E-state index is 0.581. The van der Waals surface area contributed by atoms with Crippen LogP contribution >= 0.6 is 28.4 Å². The lowest BCUT2D eigenvalue weighted by atomic mass is 10.1. The zero-order chi connectivity index (χ0) is 15.7. The molecule has 3 aromatic rings. The van der Waals surface area contributed by atoms with Crippen LogP contribution in [0.1, 0.15) is 11.3 Å². The van der Waals surface area contributed by atoms with Gasteiger partial charge in [0.2, 0.25) is 0 Å². The molecule has 0 radical (unpaired) electrons. The fraction of sp³-hybridized carbons (Fsp3) is 0.267. The number of hydrogen-bond acceptors (Lipinski definition) is 4. The number of aromatic nitrogens is 4. The van der Waals surface area contributed by atoms with Gasteiger partial charge in [-0.15, -0.1) is 0 Å². The van der Waals surface area contributed by atoms with E-state index in [0.29, 0.717) is 6.37 Å². The molecule has 0 aliphatic carbocycles. The van der Waals surface area contributed by atoms with Gasteiger partial charge in [-0.3, -0.25) is 4.98 Å². The highest BCUT2D eigenvalue weighted by molar-refractivity contribution is 14.2. The molecule has 0 saturated carbocycles. The van der Waals surface area contributed by atoms with Gasteiger partial charge in [0.25, 0.3) is 0 Å². The van der Waals surface area contributed by atoms with Crippen molar-refractivity contribution in [1.29, 1.82) is 0 Å². The highest BCUT2D eigenvalue weighted by atomic mass is 127. The second-order valence-corrected chi connectivity index (χ2v) is 7.51. The van der Waals surface area contributed by atoms with E-state index in [4.69, 9.17) is 4.98 Å². The summed E-state index contributed by atoms with van der Waals surface area (Å²) in [5.74, 6) is 0. The number of fused-ring (bicyclic) bond motifs is 1. The average molecular weight is 425 g/mol. The summed E-state index contributed by atoms with van der Waals surface area (Å²) in [4.78, 5) is 11.3. The molecule has 0 aliphatic rings. The van der Waals surface area contributed by atoms with Crippen LogP contribution in [0.4, 0.5) is 0 Å². The summed E-state index contributed by atoms with van der Waals surface area (Å²) < 4.78 is 2.00. The van der Waals surface area contributed by atoms with E-state index in [-0.39, 0.29) is 0 Å². The smallest absolute Gasteiger partial charge is 0.112 e. The number of halogens is 1. The molecule has 3 aromatic heterocycles. The van der Waals surface area contributed by atoms with Crippen molar-refractivity contribution < 1.29 is 0 Å². The van der Waals surface area contributed by atoms with Gasteiger partial charge in [0.15, 0.2) is 0 Å². The molecule has 0 spiro atoms. The number of pyridine rings is 2. The van der Waals surface area contributed by atoms with Crippen molar-refractivity contribution in [3.8, 4) is 11.3 Å². The Kier molecular flexibility index (Phi) is 4.70. The molecule has 0 saturated heterocycles. The first kappa shape index (κ1) is 15.8. The van der Waals surface area contributed by atoms with Crippen molar-refractivity contribution in [3.05, 3.63) is 41.9 Å². The normalized spacial score (nSPS) is 12.0. The molecule has 0 fully saturated rings. The minimum absolute atomic E-state index is 0.581. The van der Waals surface area contributed by atoms with E-state index in [1.165, 1.54) is 5.56 Å². The third-order valence-electron chi connectivity index (χ3n) is 3.36. The lowest BCUT2D eigenvalue weighted by Crippen LogP contribution is -2.10. The van der Waals surface area contributed by atoms with Crippen molar-refractivity contribution in [1.82, 2.24) is 24.4 Å². The summed E-state index contributed by atoms with van der Waals surface area (Å²) in [7, 11) is 4.11. The van der Waals surface area contributed by atoms with Crippen LogP contribution in [0.25, 0.3) is 22.3 Å². The van der Waals surface area contributed by atoms with Gasteiger partial charge in [0.05, 0.1) is 23.3 Å². The second-order valence-electron chi connectivity index (χ2n) is 5.47. The summed E-state index contributed by atoms with van der Waals surface area (Å²) >= 11 is 2.34. The van der Waals surface area contributed by atoms with Gasteiger partial charge < -0.3 is 4.90 Å². The predicted molar refractivity (Wildman–Crippen MR) is 101 cm³/mol. The fourth-order valence-corrected chi connectivity index (χ4v) is 4.01. The second kappa shape index (κ2) is 6.56. The maximum atomic E-state index is 4.80. The van der Waals surface area contributed by atoms with E-state index in [1.54, 1.807) is 0 Å². The molecule has 1 atom stereocenters. The topological polar surface area (TPSA) is 46.8 Å². The van der Waals surface area contributed by atoms with Crippen LogP contribution in [0.5, 0.6) is 0 Å². The number of rotatable bonds is 4. The lowest BCUT2D eigenvalue weighted by molar-refractivity contribution is 0.402. The van der Waals surface area contributed by atoms with Crippen LogP contribution in [0, 0.1) is 6.92 Å². The standard InChI is InChI=1S/C15H17IN5P/c1-10-15-14(21(19-10)22-16)5-4-13(18-15)12-6-11(7-17-8-12)9-20(2)3/h4-8,22H,9H2,1-3H3. The zero-order valence-electron chi connectivity index (χ0n) is 12.7. The van der Waals surface area contributed by atoms with E-state index < -0.39 is 0 Å². The molecule has 0 bridgehead atoms.